The maximum atomic E-state index is 13.1. The number of hydrogen-bond donors (Lipinski definition) is 3. The van der Waals surface area contributed by atoms with Gasteiger partial charge in [0.2, 0.25) is 11.8 Å². The lowest BCUT2D eigenvalue weighted by Crippen LogP contribution is -2.48. The van der Waals surface area contributed by atoms with E-state index < -0.39 is 5.54 Å². The topological polar surface area (TPSA) is 70.2 Å². The van der Waals surface area contributed by atoms with E-state index in [4.69, 9.17) is 0 Å². The molecule has 0 fully saturated rings. The summed E-state index contributed by atoms with van der Waals surface area (Å²) in [6, 6.07) is 9.78. The second-order valence-electron chi connectivity index (χ2n) is 7.39. The molecular formula is C21H25N3O2. The van der Waals surface area contributed by atoms with Gasteiger partial charge in [0.15, 0.2) is 0 Å². The Morgan fingerprint density at radius 3 is 2.19 bits per heavy atom. The fraction of sp³-hybridized carbons (Fsp3) is 0.333. The summed E-state index contributed by atoms with van der Waals surface area (Å²) in [6.45, 7) is 9.69. The fourth-order valence-electron chi connectivity index (χ4n) is 3.28. The molecule has 26 heavy (non-hydrogen) atoms. The third kappa shape index (κ3) is 3.29. The SMILES string of the molecule is Cc1cc2c(cc1C)NC(C)(C(=O)Nc1c(C)cccc1C)CC(=O)N2. The summed E-state index contributed by atoms with van der Waals surface area (Å²) < 4.78 is 0. The van der Waals surface area contributed by atoms with E-state index in [9.17, 15) is 9.59 Å². The maximum absolute atomic E-state index is 13.1. The lowest BCUT2D eigenvalue weighted by atomic mass is 9.95. The Morgan fingerprint density at radius 1 is 1.00 bits per heavy atom. The van der Waals surface area contributed by atoms with Crippen molar-refractivity contribution in [2.24, 2.45) is 0 Å². The first-order valence-corrected chi connectivity index (χ1v) is 8.76. The van der Waals surface area contributed by atoms with Crippen LogP contribution in [-0.2, 0) is 9.59 Å². The molecule has 5 nitrogen and oxygen atoms in total. The molecule has 0 saturated carbocycles. The van der Waals surface area contributed by atoms with Gasteiger partial charge in [-0.25, -0.2) is 0 Å². The van der Waals surface area contributed by atoms with Crippen molar-refractivity contribution < 1.29 is 9.59 Å². The smallest absolute Gasteiger partial charge is 0.250 e. The van der Waals surface area contributed by atoms with E-state index >= 15 is 0 Å². The zero-order valence-electron chi connectivity index (χ0n) is 15.9. The quantitative estimate of drug-likeness (QED) is 0.764. The largest absolute Gasteiger partial charge is 0.369 e. The number of fused-ring (bicyclic) bond motifs is 1. The highest BCUT2D eigenvalue weighted by atomic mass is 16.2. The normalized spacial score (nSPS) is 19.0. The van der Waals surface area contributed by atoms with E-state index in [0.29, 0.717) is 5.69 Å². The Morgan fingerprint density at radius 2 is 1.58 bits per heavy atom. The molecule has 1 unspecified atom stereocenters. The highest BCUT2D eigenvalue weighted by molar-refractivity contribution is 6.08. The molecule has 2 amide bonds. The maximum Gasteiger partial charge on any atom is 0.250 e. The Bertz CT molecular complexity index is 884. The van der Waals surface area contributed by atoms with Crippen molar-refractivity contribution >= 4 is 28.9 Å². The minimum absolute atomic E-state index is 0.0521. The number of aryl methyl sites for hydroxylation is 4. The molecule has 1 aliphatic rings. The lowest BCUT2D eigenvalue weighted by Gasteiger charge is -2.29. The highest BCUT2D eigenvalue weighted by Gasteiger charge is 2.38. The van der Waals surface area contributed by atoms with Crippen molar-refractivity contribution in [1.29, 1.82) is 0 Å². The van der Waals surface area contributed by atoms with Gasteiger partial charge in [-0.15, -0.1) is 0 Å². The van der Waals surface area contributed by atoms with Gasteiger partial charge in [0.1, 0.15) is 5.54 Å². The molecule has 2 aromatic rings. The van der Waals surface area contributed by atoms with Gasteiger partial charge < -0.3 is 16.0 Å². The average Bonchev–Trinajstić information content (AvgIpc) is 2.67. The van der Waals surface area contributed by atoms with E-state index in [1.165, 1.54) is 0 Å². The standard InChI is InChI=1S/C21H25N3O2/c1-12-7-6-8-13(2)19(12)23-20(26)21(5)11-18(25)22-16-9-14(3)15(4)10-17(16)24-21/h6-10,24H,11H2,1-5H3,(H,22,25)(H,23,26). The second-order valence-corrected chi connectivity index (χ2v) is 7.39. The van der Waals surface area contributed by atoms with Crippen LogP contribution >= 0.6 is 0 Å². The van der Waals surface area contributed by atoms with Crippen molar-refractivity contribution in [2.75, 3.05) is 16.0 Å². The zero-order valence-corrected chi connectivity index (χ0v) is 15.9. The van der Waals surface area contributed by atoms with Crippen molar-refractivity contribution in [2.45, 2.75) is 46.6 Å². The highest BCUT2D eigenvalue weighted by Crippen LogP contribution is 2.33. The summed E-state index contributed by atoms with van der Waals surface area (Å²) in [4.78, 5) is 25.5. The number of carbonyl (C=O) groups is 2. The first-order chi connectivity index (χ1) is 12.2. The number of hydrogen-bond acceptors (Lipinski definition) is 3. The Hall–Kier alpha value is -2.82. The number of rotatable bonds is 2. The third-order valence-corrected chi connectivity index (χ3v) is 5.05. The summed E-state index contributed by atoms with van der Waals surface area (Å²) in [7, 11) is 0. The van der Waals surface area contributed by atoms with E-state index in [0.717, 1.165) is 33.6 Å². The van der Waals surface area contributed by atoms with Crippen molar-refractivity contribution in [3.63, 3.8) is 0 Å². The van der Waals surface area contributed by atoms with Crippen LogP contribution in [-0.4, -0.2) is 17.4 Å². The molecule has 1 atom stereocenters. The number of carbonyl (C=O) groups excluding carboxylic acids is 2. The first kappa shape index (κ1) is 18.0. The minimum Gasteiger partial charge on any atom is -0.369 e. The van der Waals surface area contributed by atoms with Crippen molar-refractivity contribution in [1.82, 2.24) is 0 Å². The minimum atomic E-state index is -1.05. The van der Waals surface area contributed by atoms with Gasteiger partial charge in [-0.05, 0) is 69.0 Å². The predicted octanol–water partition coefficient (Wildman–Crippen LogP) is 4.07. The average molecular weight is 351 g/mol. The molecule has 0 saturated heterocycles. The summed E-state index contributed by atoms with van der Waals surface area (Å²) in [5.74, 6) is -0.408. The van der Waals surface area contributed by atoms with Crippen LogP contribution in [0.15, 0.2) is 30.3 Å². The van der Waals surface area contributed by atoms with Crippen LogP contribution in [0.1, 0.15) is 35.6 Å². The molecule has 3 rings (SSSR count). The molecule has 0 aromatic heterocycles. The van der Waals surface area contributed by atoms with E-state index in [-0.39, 0.29) is 18.2 Å². The van der Waals surface area contributed by atoms with E-state index in [1.807, 2.05) is 58.0 Å². The van der Waals surface area contributed by atoms with Gasteiger partial charge in [-0.3, -0.25) is 9.59 Å². The number of benzene rings is 2. The molecule has 136 valence electrons. The molecular weight excluding hydrogens is 326 g/mol. The summed E-state index contributed by atoms with van der Waals surface area (Å²) in [5.41, 5.74) is 5.40. The van der Waals surface area contributed by atoms with Crippen LogP contribution in [0.5, 0.6) is 0 Å². The number of amides is 2. The second kappa shape index (κ2) is 6.48. The van der Waals surface area contributed by atoms with Gasteiger partial charge in [-0.1, -0.05) is 18.2 Å². The third-order valence-electron chi connectivity index (χ3n) is 5.05. The van der Waals surface area contributed by atoms with Crippen molar-refractivity contribution in [3.05, 3.63) is 52.6 Å². The number of nitrogens with one attached hydrogen (secondary N) is 3. The van der Waals surface area contributed by atoms with Crippen molar-refractivity contribution in [3.8, 4) is 0 Å². The van der Waals surface area contributed by atoms with E-state index in [2.05, 4.69) is 16.0 Å². The Kier molecular flexibility index (Phi) is 4.48. The first-order valence-electron chi connectivity index (χ1n) is 8.76. The van der Waals surface area contributed by atoms with Crippen LogP contribution in [0.2, 0.25) is 0 Å². The summed E-state index contributed by atoms with van der Waals surface area (Å²) in [6.07, 6.45) is 0.0521. The van der Waals surface area contributed by atoms with Crippen LogP contribution in [0.3, 0.4) is 0 Å². The molecule has 0 bridgehead atoms. The molecule has 1 heterocycles. The zero-order chi connectivity index (χ0) is 19.1. The van der Waals surface area contributed by atoms with Crippen LogP contribution in [0, 0.1) is 27.7 Å². The summed E-state index contributed by atoms with van der Waals surface area (Å²) >= 11 is 0. The number of anilines is 3. The molecule has 0 aliphatic carbocycles. The van der Waals surface area contributed by atoms with E-state index in [1.54, 1.807) is 6.92 Å². The van der Waals surface area contributed by atoms with Gasteiger partial charge in [0, 0.05) is 5.69 Å². The molecule has 0 radical (unpaired) electrons. The molecule has 3 N–H and O–H groups in total. The van der Waals surface area contributed by atoms with Crippen LogP contribution < -0.4 is 16.0 Å². The Balaban J connectivity index is 1.96. The molecule has 2 aromatic carbocycles. The molecule has 5 heteroatoms. The fourth-order valence-corrected chi connectivity index (χ4v) is 3.28. The van der Waals surface area contributed by atoms with Crippen LogP contribution in [0.25, 0.3) is 0 Å². The van der Waals surface area contributed by atoms with Gasteiger partial charge >= 0.3 is 0 Å². The van der Waals surface area contributed by atoms with Gasteiger partial charge in [0.25, 0.3) is 0 Å². The predicted molar refractivity (Wildman–Crippen MR) is 106 cm³/mol. The lowest BCUT2D eigenvalue weighted by molar-refractivity contribution is -0.124. The molecule has 1 aliphatic heterocycles. The monoisotopic (exact) mass is 351 g/mol. The van der Waals surface area contributed by atoms with Gasteiger partial charge in [0.05, 0.1) is 17.8 Å². The van der Waals surface area contributed by atoms with Gasteiger partial charge in [-0.2, -0.15) is 0 Å². The number of para-hydroxylation sites is 1. The Labute approximate surface area is 154 Å². The summed E-state index contributed by atoms with van der Waals surface area (Å²) in [5, 5.41) is 9.22. The van der Waals surface area contributed by atoms with Crippen LogP contribution in [0.4, 0.5) is 17.1 Å². The molecule has 0 spiro atoms.